The van der Waals surface area contributed by atoms with Gasteiger partial charge in [0.2, 0.25) is 5.36 Å². The van der Waals surface area contributed by atoms with Gasteiger partial charge >= 0.3 is 35.5 Å². The first-order valence-electron chi connectivity index (χ1n) is 19.4. The molecule has 1 saturated heterocycles. The first-order chi connectivity index (χ1) is 27.9. The number of hydrogen-bond acceptors (Lipinski definition) is 12. The van der Waals surface area contributed by atoms with Crippen molar-refractivity contribution in [2.75, 3.05) is 30.3 Å². The molecule has 60 heavy (non-hydrogen) atoms. The predicted octanol–water partition coefficient (Wildman–Crippen LogP) is 2.47. The molecular formula is C43H46N3NaO11S2. The average molecular weight is 868 g/mol. The zero-order chi connectivity index (χ0) is 42.7. The van der Waals surface area contributed by atoms with Crippen LogP contribution in [-0.2, 0) is 44.9 Å². The Morgan fingerprint density at radius 3 is 2.27 bits per heavy atom. The monoisotopic (exact) mass is 867 g/mol. The Bertz CT molecular complexity index is 2600. The van der Waals surface area contributed by atoms with Gasteiger partial charge in [-0.25, -0.2) is 26.2 Å². The van der Waals surface area contributed by atoms with Gasteiger partial charge in [0, 0.05) is 71.1 Å². The van der Waals surface area contributed by atoms with Crippen LogP contribution in [0.3, 0.4) is 0 Å². The summed E-state index contributed by atoms with van der Waals surface area (Å²) in [4.78, 5) is 43.4. The smallest absolute Gasteiger partial charge is 0.748 e. The Labute approximate surface area is 372 Å². The second kappa shape index (κ2) is 19.1. The fraction of sp³-hybridized carbons (Fsp3) is 0.349. The maximum atomic E-state index is 12.8. The van der Waals surface area contributed by atoms with Crippen molar-refractivity contribution in [2.45, 2.75) is 76.5 Å². The Kier molecular flexibility index (Phi) is 14.8. The number of rotatable bonds is 15. The number of anilines is 1. The minimum Gasteiger partial charge on any atom is -0.748 e. The van der Waals surface area contributed by atoms with Crippen LogP contribution < -0.4 is 44.4 Å². The molecule has 0 N–H and O–H groups in total. The van der Waals surface area contributed by atoms with Crippen LogP contribution in [0.1, 0.15) is 76.0 Å². The number of fused-ring (bicyclic) bond motifs is 2. The van der Waals surface area contributed by atoms with E-state index >= 15 is 0 Å². The third kappa shape index (κ3) is 10.2. The number of carbonyl (C=O) groups excluding carboxylic acids is 3. The summed E-state index contributed by atoms with van der Waals surface area (Å²) >= 11 is 0. The van der Waals surface area contributed by atoms with Gasteiger partial charge in [0.15, 0.2) is 0 Å². The molecule has 2 aromatic rings. The van der Waals surface area contributed by atoms with Crippen molar-refractivity contribution in [2.24, 2.45) is 0 Å². The standard InChI is InChI=1S/C43H47N3O11S2.Na/c1-5-44(6-2)31-18-20-34-33(29(3)42(56-37(34)27-31)30-13-8-7-9-14-30)15-10-16-38-43(4,24-11-17-41(49)57-46-39(47)22-23-40(46)48)35-28-32(59(53,54)55)19-21-36(35)45(38)25-12-26-58(50,51)52;/h7-10,13-16,18-21,27-28H,5-6,11-12,17,22-26H2,1-4H3,(H-,50,51,52,53,54,55);/q;+1/p-1. The molecule has 0 aromatic heterocycles. The van der Waals surface area contributed by atoms with Gasteiger partial charge in [-0.05, 0) is 88.4 Å². The number of benzene rings is 3. The van der Waals surface area contributed by atoms with E-state index in [1.165, 1.54) is 18.2 Å². The summed E-state index contributed by atoms with van der Waals surface area (Å²) in [5.41, 5.74) is 3.90. The molecular weight excluding hydrogens is 822 g/mol. The molecule has 4 aliphatic rings. The molecule has 0 bridgehead atoms. The molecule has 1 unspecified atom stereocenters. The zero-order valence-electron chi connectivity index (χ0n) is 34.3. The fourth-order valence-electron chi connectivity index (χ4n) is 7.91. The van der Waals surface area contributed by atoms with Crippen molar-refractivity contribution in [3.05, 3.63) is 107 Å². The second-order valence-corrected chi connectivity index (χ2v) is 17.6. The zero-order valence-corrected chi connectivity index (χ0v) is 37.9. The predicted molar refractivity (Wildman–Crippen MR) is 218 cm³/mol. The third-order valence-electron chi connectivity index (χ3n) is 10.9. The molecule has 1 fully saturated rings. The minimum absolute atomic E-state index is 0. The van der Waals surface area contributed by atoms with Crippen LogP contribution in [0.5, 0.6) is 0 Å². The van der Waals surface area contributed by atoms with E-state index in [-0.39, 0.29) is 74.6 Å². The summed E-state index contributed by atoms with van der Waals surface area (Å²) in [6, 6.07) is 19.7. The third-order valence-corrected chi connectivity index (χ3v) is 12.5. The summed E-state index contributed by atoms with van der Waals surface area (Å²) in [5, 5.41) is 1.47. The molecule has 3 aliphatic heterocycles. The van der Waals surface area contributed by atoms with E-state index in [2.05, 4.69) is 18.4 Å². The maximum Gasteiger partial charge on any atom is 1.00 e. The Morgan fingerprint density at radius 1 is 0.950 bits per heavy atom. The number of amides is 2. The summed E-state index contributed by atoms with van der Waals surface area (Å²) in [6.07, 6.45) is 5.51. The first kappa shape index (κ1) is 46.6. The van der Waals surface area contributed by atoms with Gasteiger partial charge in [-0.1, -0.05) is 42.5 Å². The SMILES string of the molecule is CC[N+](CC)=c1ccc2c(/C=C/C=C3\N(CCCS(=O)(=O)[O-])c4ccc(S(=O)(=O)[O-])cc4C3(C)CCCC(=O)ON3C(=O)CCC3=O)c(C)c(-c3ccccc3)oc-2c1.[Na+]. The van der Waals surface area contributed by atoms with Crippen molar-refractivity contribution >= 4 is 49.8 Å². The van der Waals surface area contributed by atoms with Crippen LogP contribution >= 0.6 is 0 Å². The Hall–Kier alpha value is -4.42. The summed E-state index contributed by atoms with van der Waals surface area (Å²) < 4.78 is 80.6. The van der Waals surface area contributed by atoms with E-state index in [4.69, 9.17) is 9.25 Å². The Balaban J connectivity index is 0.00000683. The van der Waals surface area contributed by atoms with Crippen molar-refractivity contribution < 1.29 is 79.1 Å². The van der Waals surface area contributed by atoms with E-state index in [1.54, 1.807) is 4.90 Å². The van der Waals surface area contributed by atoms with E-state index in [0.29, 0.717) is 33.5 Å². The van der Waals surface area contributed by atoms with E-state index < -0.39 is 54.1 Å². The summed E-state index contributed by atoms with van der Waals surface area (Å²) in [6.45, 7) is 9.61. The topological polar surface area (TPSA) is 197 Å². The van der Waals surface area contributed by atoms with Crippen LogP contribution in [0.15, 0.2) is 93.9 Å². The van der Waals surface area contributed by atoms with Crippen molar-refractivity contribution in [1.29, 1.82) is 0 Å². The number of nitrogens with zero attached hydrogens (tertiary/aromatic N) is 3. The number of allylic oxidation sites excluding steroid dienone is 3. The minimum atomic E-state index is -4.90. The molecule has 3 heterocycles. The van der Waals surface area contributed by atoms with E-state index in [0.717, 1.165) is 40.7 Å². The molecule has 312 valence electrons. The number of hydroxylamine groups is 2. The second-order valence-electron chi connectivity index (χ2n) is 14.7. The number of hydrogen-bond donors (Lipinski definition) is 0. The van der Waals surface area contributed by atoms with Gasteiger partial charge < -0.3 is 23.3 Å². The van der Waals surface area contributed by atoms with Gasteiger partial charge in [-0.2, -0.15) is 0 Å². The van der Waals surface area contributed by atoms with Gasteiger partial charge in [0.25, 0.3) is 11.8 Å². The molecule has 6 rings (SSSR count). The molecule has 17 heteroatoms. The number of carbonyl (C=O) groups is 3. The van der Waals surface area contributed by atoms with Gasteiger partial charge in [0.1, 0.15) is 34.7 Å². The largest absolute Gasteiger partial charge is 1.00 e. The molecule has 0 spiro atoms. The molecule has 0 saturated carbocycles. The average Bonchev–Trinajstić information content (AvgIpc) is 3.62. The molecule has 14 nitrogen and oxygen atoms in total. The Morgan fingerprint density at radius 2 is 1.63 bits per heavy atom. The van der Waals surface area contributed by atoms with Crippen molar-refractivity contribution in [3.63, 3.8) is 0 Å². The molecule has 0 radical (unpaired) electrons. The molecule has 2 amide bonds. The summed E-state index contributed by atoms with van der Waals surface area (Å²) in [7, 11) is -9.47. The van der Waals surface area contributed by atoms with Crippen LogP contribution in [0.2, 0.25) is 0 Å². The summed E-state index contributed by atoms with van der Waals surface area (Å²) in [5.74, 6) is -1.35. The van der Waals surface area contributed by atoms with Gasteiger partial charge in [0.05, 0.1) is 21.1 Å². The van der Waals surface area contributed by atoms with Crippen LogP contribution in [0.25, 0.3) is 28.7 Å². The van der Waals surface area contributed by atoms with Gasteiger partial charge in [-0.15, -0.1) is 5.06 Å². The molecule has 1 atom stereocenters. The van der Waals surface area contributed by atoms with E-state index in [1.807, 2.05) is 80.6 Å². The van der Waals surface area contributed by atoms with Crippen molar-refractivity contribution in [1.82, 2.24) is 9.64 Å². The fourth-order valence-corrected chi connectivity index (χ4v) is 8.89. The van der Waals surface area contributed by atoms with Crippen LogP contribution in [0, 0.1) is 6.92 Å². The molecule has 2 aromatic carbocycles. The van der Waals surface area contributed by atoms with Crippen LogP contribution in [0.4, 0.5) is 5.69 Å². The van der Waals surface area contributed by atoms with Gasteiger partial charge in [-0.3, -0.25) is 9.59 Å². The quantitative estimate of drug-likeness (QED) is 0.0734. The van der Waals surface area contributed by atoms with Crippen molar-refractivity contribution in [3.8, 4) is 22.6 Å². The first-order valence-corrected chi connectivity index (χ1v) is 22.4. The maximum absolute atomic E-state index is 12.8. The molecule has 1 aliphatic carbocycles. The normalized spacial score (nSPS) is 17.5. The van der Waals surface area contributed by atoms with Crippen LogP contribution in [-0.4, -0.2) is 74.2 Å². The van der Waals surface area contributed by atoms with E-state index in [9.17, 15) is 40.3 Å². The number of imide groups is 1.